The van der Waals surface area contributed by atoms with Crippen molar-refractivity contribution in [2.45, 2.75) is 4.90 Å². The number of sulfonamides is 1. The fourth-order valence-electron chi connectivity index (χ4n) is 2.83. The number of anilines is 2. The van der Waals surface area contributed by atoms with E-state index in [1.54, 1.807) is 30.5 Å². The van der Waals surface area contributed by atoms with Crippen LogP contribution in [0.3, 0.4) is 0 Å². The van der Waals surface area contributed by atoms with Crippen LogP contribution in [0.25, 0.3) is 10.9 Å². The normalized spacial score (nSPS) is 11.8. The predicted molar refractivity (Wildman–Crippen MR) is 117 cm³/mol. The van der Waals surface area contributed by atoms with Gasteiger partial charge in [0, 0.05) is 5.69 Å². The Labute approximate surface area is 172 Å². The van der Waals surface area contributed by atoms with Crippen molar-refractivity contribution in [1.29, 1.82) is 0 Å². The first-order valence-corrected chi connectivity index (χ1v) is 10.5. The van der Waals surface area contributed by atoms with Gasteiger partial charge in [0.05, 0.1) is 22.0 Å². The molecule has 30 heavy (non-hydrogen) atoms. The number of benzene rings is 3. The van der Waals surface area contributed by atoms with Crippen LogP contribution in [0.15, 0.2) is 93.7 Å². The van der Waals surface area contributed by atoms with Crippen molar-refractivity contribution in [3.8, 4) is 0 Å². The first-order chi connectivity index (χ1) is 14.4. The predicted octanol–water partition coefficient (Wildman–Crippen LogP) is 2.67. The van der Waals surface area contributed by atoms with Crippen LogP contribution in [-0.2, 0) is 10.0 Å². The minimum Gasteiger partial charge on any atom is -0.324 e. The molecule has 3 N–H and O–H groups in total. The number of rotatable bonds is 5. The molecule has 1 heterocycles. The van der Waals surface area contributed by atoms with Gasteiger partial charge in [0.2, 0.25) is 16.0 Å². The molecule has 1 aromatic heterocycles. The van der Waals surface area contributed by atoms with Crippen molar-refractivity contribution in [3.63, 3.8) is 0 Å². The van der Waals surface area contributed by atoms with Crippen LogP contribution >= 0.6 is 0 Å². The highest BCUT2D eigenvalue weighted by Gasteiger charge is 2.12. The van der Waals surface area contributed by atoms with Gasteiger partial charge in [-0.25, -0.2) is 18.5 Å². The molecule has 3 aromatic carbocycles. The van der Waals surface area contributed by atoms with Crippen LogP contribution in [0.2, 0.25) is 0 Å². The second kappa shape index (κ2) is 7.90. The van der Waals surface area contributed by atoms with Crippen LogP contribution in [-0.4, -0.2) is 24.3 Å². The molecule has 0 bridgehead atoms. The van der Waals surface area contributed by atoms with Crippen LogP contribution in [0, 0.1) is 0 Å². The summed E-state index contributed by atoms with van der Waals surface area (Å²) in [4.78, 5) is 17.5. The number of nitrogens with two attached hydrogens (primary N) is 1. The third kappa shape index (κ3) is 4.12. The second-order valence-corrected chi connectivity index (χ2v) is 7.98. The first kappa shape index (κ1) is 19.5. The van der Waals surface area contributed by atoms with E-state index < -0.39 is 10.0 Å². The Kier molecular flexibility index (Phi) is 5.13. The number of nitrogens with zero attached hydrogens (tertiary/aromatic N) is 3. The molecule has 0 atom stereocenters. The van der Waals surface area contributed by atoms with E-state index in [9.17, 15) is 13.2 Å². The molecule has 0 amide bonds. The Morgan fingerprint density at radius 3 is 2.30 bits per heavy atom. The maximum Gasteiger partial charge on any atom is 0.283 e. The van der Waals surface area contributed by atoms with E-state index in [1.165, 1.54) is 28.9 Å². The molecule has 4 rings (SSSR count). The molecule has 0 fully saturated rings. The highest BCUT2D eigenvalue weighted by atomic mass is 32.2. The van der Waals surface area contributed by atoms with Crippen molar-refractivity contribution >= 4 is 38.8 Å². The summed E-state index contributed by atoms with van der Waals surface area (Å²) in [7, 11) is -3.80. The lowest BCUT2D eigenvalue weighted by atomic mass is 10.2. The average Bonchev–Trinajstić information content (AvgIpc) is 2.74. The largest absolute Gasteiger partial charge is 0.324 e. The van der Waals surface area contributed by atoms with Gasteiger partial charge < -0.3 is 5.32 Å². The van der Waals surface area contributed by atoms with Gasteiger partial charge in [-0.1, -0.05) is 42.5 Å². The number of hydrogen-bond donors (Lipinski definition) is 2. The number of nitrogens with one attached hydrogen (secondary N) is 1. The maximum absolute atomic E-state index is 13.0. The molecule has 4 aromatic rings. The Bertz CT molecular complexity index is 1400. The van der Waals surface area contributed by atoms with Gasteiger partial charge in [-0.3, -0.25) is 4.79 Å². The third-order valence-corrected chi connectivity index (χ3v) is 5.24. The van der Waals surface area contributed by atoms with Crippen LogP contribution in [0.5, 0.6) is 0 Å². The highest BCUT2D eigenvalue weighted by molar-refractivity contribution is 7.89. The summed E-state index contributed by atoms with van der Waals surface area (Å²) >= 11 is 0. The summed E-state index contributed by atoms with van der Waals surface area (Å²) in [5, 5.41) is 12.9. The minimum atomic E-state index is -3.80. The number of primary sulfonamides is 1. The van der Waals surface area contributed by atoms with E-state index in [4.69, 9.17) is 5.14 Å². The van der Waals surface area contributed by atoms with Crippen molar-refractivity contribution in [1.82, 2.24) is 9.66 Å². The van der Waals surface area contributed by atoms with E-state index in [1.807, 2.05) is 30.3 Å². The van der Waals surface area contributed by atoms with Crippen molar-refractivity contribution in [2.24, 2.45) is 10.2 Å². The van der Waals surface area contributed by atoms with Gasteiger partial charge in [0.15, 0.2) is 0 Å². The van der Waals surface area contributed by atoms with E-state index >= 15 is 0 Å². The van der Waals surface area contributed by atoms with Gasteiger partial charge in [-0.2, -0.15) is 9.78 Å². The van der Waals surface area contributed by atoms with Crippen LogP contribution in [0.1, 0.15) is 5.56 Å². The molecular weight excluding hydrogens is 402 g/mol. The smallest absolute Gasteiger partial charge is 0.283 e. The summed E-state index contributed by atoms with van der Waals surface area (Å²) in [6.07, 6.45) is 1.56. The topological polar surface area (TPSA) is 119 Å². The monoisotopic (exact) mass is 419 g/mol. The molecule has 0 unspecified atom stereocenters. The zero-order chi connectivity index (χ0) is 21.1. The fourth-order valence-corrected chi connectivity index (χ4v) is 3.35. The molecular formula is C21H17N5O3S. The number of hydrogen-bond acceptors (Lipinski definition) is 6. The molecule has 9 heteroatoms. The molecule has 0 aliphatic heterocycles. The number of aromatic nitrogens is 2. The quantitative estimate of drug-likeness (QED) is 0.482. The molecule has 0 aliphatic rings. The summed E-state index contributed by atoms with van der Waals surface area (Å²) in [6.45, 7) is 0. The summed E-state index contributed by atoms with van der Waals surface area (Å²) in [6, 6.07) is 22.1. The Hall–Kier alpha value is -3.82. The Morgan fingerprint density at radius 2 is 1.60 bits per heavy atom. The minimum absolute atomic E-state index is 0.0148. The molecule has 150 valence electrons. The average molecular weight is 419 g/mol. The molecule has 0 saturated carbocycles. The van der Waals surface area contributed by atoms with Crippen molar-refractivity contribution < 1.29 is 8.42 Å². The lowest BCUT2D eigenvalue weighted by molar-refractivity contribution is 0.598. The van der Waals surface area contributed by atoms with Crippen LogP contribution < -0.4 is 16.0 Å². The molecule has 0 radical (unpaired) electrons. The lowest BCUT2D eigenvalue weighted by Crippen LogP contribution is -2.21. The molecule has 0 aliphatic carbocycles. The Balaban J connectivity index is 1.79. The standard InChI is InChI=1S/C21H17N5O3S/c22-30(28,29)17-12-10-16(11-13-17)24-21-25-19-9-5-4-8-18(19)20(27)26(21)23-14-15-6-2-1-3-7-15/h1-14H,(H,24,25)(H2,22,28,29)/b23-14+. The van der Waals surface area contributed by atoms with Crippen molar-refractivity contribution in [2.75, 3.05) is 5.32 Å². The maximum atomic E-state index is 13.0. The summed E-state index contributed by atoms with van der Waals surface area (Å²) in [5.41, 5.74) is 1.52. The van der Waals surface area contributed by atoms with E-state index in [0.29, 0.717) is 16.6 Å². The third-order valence-electron chi connectivity index (χ3n) is 4.31. The zero-order valence-corrected chi connectivity index (χ0v) is 16.5. The van der Waals surface area contributed by atoms with E-state index in [-0.39, 0.29) is 16.4 Å². The number of para-hydroxylation sites is 1. The van der Waals surface area contributed by atoms with E-state index in [2.05, 4.69) is 15.4 Å². The van der Waals surface area contributed by atoms with E-state index in [0.717, 1.165) is 5.56 Å². The van der Waals surface area contributed by atoms with Gasteiger partial charge in [-0.05, 0) is 42.0 Å². The highest BCUT2D eigenvalue weighted by Crippen LogP contribution is 2.18. The lowest BCUT2D eigenvalue weighted by Gasteiger charge is -2.11. The Morgan fingerprint density at radius 1 is 0.933 bits per heavy atom. The van der Waals surface area contributed by atoms with Gasteiger partial charge in [0.25, 0.3) is 5.56 Å². The van der Waals surface area contributed by atoms with Gasteiger partial charge in [-0.15, -0.1) is 0 Å². The molecule has 0 spiro atoms. The summed E-state index contributed by atoms with van der Waals surface area (Å²) < 4.78 is 24.1. The van der Waals surface area contributed by atoms with Crippen molar-refractivity contribution in [3.05, 3.63) is 94.8 Å². The van der Waals surface area contributed by atoms with Crippen LogP contribution in [0.4, 0.5) is 11.6 Å². The van der Waals surface area contributed by atoms with Gasteiger partial charge in [0.1, 0.15) is 0 Å². The fraction of sp³-hybridized carbons (Fsp3) is 0. The zero-order valence-electron chi connectivity index (χ0n) is 15.6. The summed E-state index contributed by atoms with van der Waals surface area (Å²) in [5.74, 6) is 0.189. The second-order valence-electron chi connectivity index (χ2n) is 6.42. The molecule has 0 saturated heterocycles. The SMILES string of the molecule is NS(=O)(=O)c1ccc(Nc2nc3ccccc3c(=O)n2/N=C/c2ccccc2)cc1. The first-order valence-electron chi connectivity index (χ1n) is 8.93. The molecule has 8 nitrogen and oxygen atoms in total. The number of fused-ring (bicyclic) bond motifs is 1. The van der Waals surface area contributed by atoms with Gasteiger partial charge >= 0.3 is 0 Å².